The lowest BCUT2D eigenvalue weighted by atomic mass is 10.0. The van der Waals surface area contributed by atoms with Crippen LogP contribution >= 0.6 is 0 Å². The predicted octanol–water partition coefficient (Wildman–Crippen LogP) is 4.37. The largest absolute Gasteiger partial charge is 0.492 e. The highest BCUT2D eigenvalue weighted by atomic mass is 16.5. The van der Waals surface area contributed by atoms with Crippen LogP contribution in [-0.4, -0.2) is 58.9 Å². The quantitative estimate of drug-likeness (QED) is 0.465. The molecular formula is C27H30N4O3. The number of ether oxygens (including phenoxy) is 2. The summed E-state index contributed by atoms with van der Waals surface area (Å²) in [6, 6.07) is 16.1. The van der Waals surface area contributed by atoms with Gasteiger partial charge in [-0.25, -0.2) is 9.78 Å². The van der Waals surface area contributed by atoms with Gasteiger partial charge in [-0.1, -0.05) is 30.3 Å². The first kappa shape index (κ1) is 21.4. The molecule has 0 aliphatic carbocycles. The van der Waals surface area contributed by atoms with Crippen LogP contribution in [0.5, 0.6) is 5.75 Å². The van der Waals surface area contributed by atoms with Crippen LogP contribution in [0.3, 0.4) is 0 Å². The number of nitrogens with zero attached hydrogens (tertiary/aromatic N) is 3. The van der Waals surface area contributed by atoms with Gasteiger partial charge in [0.1, 0.15) is 18.1 Å². The summed E-state index contributed by atoms with van der Waals surface area (Å²) >= 11 is 0. The number of hydrogen-bond donors (Lipinski definition) is 1. The molecule has 7 heteroatoms. The molecular weight excluding hydrogens is 428 g/mol. The Labute approximate surface area is 198 Å². The SMILES string of the molecule is O=c1[nH]c2c(-c3ccccc3OCCN3CCCC3)nc3ccccc3c2n1[C@H]1CCCOC1. The van der Waals surface area contributed by atoms with E-state index in [1.807, 2.05) is 53.1 Å². The fraction of sp³-hybridized carbons (Fsp3) is 0.407. The van der Waals surface area contributed by atoms with Crippen LogP contribution < -0.4 is 10.4 Å². The molecule has 2 aromatic carbocycles. The van der Waals surface area contributed by atoms with E-state index in [1.54, 1.807) is 0 Å². The van der Waals surface area contributed by atoms with E-state index in [-0.39, 0.29) is 11.7 Å². The Morgan fingerprint density at radius 1 is 1.06 bits per heavy atom. The number of para-hydroxylation sites is 2. The Morgan fingerprint density at radius 2 is 1.88 bits per heavy atom. The van der Waals surface area contributed by atoms with Crippen molar-refractivity contribution in [1.82, 2.24) is 19.4 Å². The van der Waals surface area contributed by atoms with Gasteiger partial charge in [-0.05, 0) is 57.0 Å². The first-order valence-corrected chi connectivity index (χ1v) is 12.3. The topological polar surface area (TPSA) is 72.4 Å². The second kappa shape index (κ2) is 9.24. The maximum atomic E-state index is 13.3. The molecule has 0 saturated carbocycles. The summed E-state index contributed by atoms with van der Waals surface area (Å²) in [5.74, 6) is 0.792. The average molecular weight is 459 g/mol. The van der Waals surface area contributed by atoms with Crippen molar-refractivity contribution < 1.29 is 9.47 Å². The van der Waals surface area contributed by atoms with Gasteiger partial charge in [0.2, 0.25) is 0 Å². The number of likely N-dealkylation sites (tertiary alicyclic amines) is 1. The molecule has 4 aromatic rings. The third-order valence-electron chi connectivity index (χ3n) is 7.06. The van der Waals surface area contributed by atoms with E-state index in [9.17, 15) is 4.79 Å². The molecule has 2 fully saturated rings. The maximum Gasteiger partial charge on any atom is 0.326 e. The van der Waals surface area contributed by atoms with Gasteiger partial charge in [-0.15, -0.1) is 0 Å². The fourth-order valence-electron chi connectivity index (χ4n) is 5.38. The molecule has 4 heterocycles. The van der Waals surface area contributed by atoms with Crippen LogP contribution in [0, 0.1) is 0 Å². The van der Waals surface area contributed by atoms with Crippen molar-refractivity contribution in [2.24, 2.45) is 0 Å². The summed E-state index contributed by atoms with van der Waals surface area (Å²) in [6.07, 6.45) is 4.42. The molecule has 2 aliphatic rings. The second-order valence-electron chi connectivity index (χ2n) is 9.27. The van der Waals surface area contributed by atoms with Crippen molar-refractivity contribution >= 4 is 21.9 Å². The van der Waals surface area contributed by atoms with Crippen molar-refractivity contribution in [3.8, 4) is 17.0 Å². The van der Waals surface area contributed by atoms with Crippen molar-refractivity contribution in [3.63, 3.8) is 0 Å². The smallest absolute Gasteiger partial charge is 0.326 e. The lowest BCUT2D eigenvalue weighted by Crippen LogP contribution is -2.28. The van der Waals surface area contributed by atoms with Crippen LogP contribution in [0.1, 0.15) is 31.7 Å². The number of aromatic amines is 1. The van der Waals surface area contributed by atoms with E-state index in [2.05, 4.69) is 9.88 Å². The minimum atomic E-state index is -0.114. The Hall–Kier alpha value is -3.16. The van der Waals surface area contributed by atoms with E-state index >= 15 is 0 Å². The molecule has 2 saturated heterocycles. The Bertz CT molecular complexity index is 1360. The van der Waals surface area contributed by atoms with Crippen molar-refractivity contribution in [1.29, 1.82) is 0 Å². The Balaban J connectivity index is 1.47. The summed E-state index contributed by atoms with van der Waals surface area (Å²) in [7, 11) is 0. The number of H-pyrrole nitrogens is 1. The zero-order chi connectivity index (χ0) is 22.9. The number of hydrogen-bond acceptors (Lipinski definition) is 5. The molecule has 0 spiro atoms. The normalized spacial score (nSPS) is 19.2. The molecule has 0 amide bonds. The van der Waals surface area contributed by atoms with Gasteiger partial charge in [0.05, 0.1) is 29.2 Å². The van der Waals surface area contributed by atoms with Crippen LogP contribution in [-0.2, 0) is 4.74 Å². The van der Waals surface area contributed by atoms with Crippen LogP contribution in [0.4, 0.5) is 0 Å². The van der Waals surface area contributed by atoms with Crippen LogP contribution in [0.2, 0.25) is 0 Å². The molecule has 0 radical (unpaired) electrons. The molecule has 7 nitrogen and oxygen atoms in total. The van der Waals surface area contributed by atoms with Gasteiger partial charge in [0.15, 0.2) is 0 Å². The van der Waals surface area contributed by atoms with Gasteiger partial charge in [-0.3, -0.25) is 9.47 Å². The van der Waals surface area contributed by atoms with E-state index in [1.165, 1.54) is 12.8 Å². The van der Waals surface area contributed by atoms with E-state index in [0.717, 1.165) is 78.0 Å². The van der Waals surface area contributed by atoms with Crippen LogP contribution in [0.15, 0.2) is 53.3 Å². The number of benzene rings is 2. The highest BCUT2D eigenvalue weighted by Gasteiger charge is 2.25. The van der Waals surface area contributed by atoms with E-state index < -0.39 is 0 Å². The second-order valence-corrected chi connectivity index (χ2v) is 9.27. The predicted molar refractivity (Wildman–Crippen MR) is 134 cm³/mol. The van der Waals surface area contributed by atoms with Crippen molar-refractivity contribution in [2.75, 3.05) is 39.5 Å². The summed E-state index contributed by atoms with van der Waals surface area (Å²) in [5.41, 5.74) is 4.04. The number of fused-ring (bicyclic) bond motifs is 3. The zero-order valence-electron chi connectivity index (χ0n) is 19.3. The van der Waals surface area contributed by atoms with Gasteiger partial charge >= 0.3 is 5.69 Å². The minimum absolute atomic E-state index is 0.0145. The molecule has 34 heavy (non-hydrogen) atoms. The lowest BCUT2D eigenvalue weighted by Gasteiger charge is -2.23. The highest BCUT2D eigenvalue weighted by molar-refractivity contribution is 6.08. The van der Waals surface area contributed by atoms with E-state index in [0.29, 0.717) is 13.2 Å². The van der Waals surface area contributed by atoms with Gasteiger partial charge in [-0.2, -0.15) is 0 Å². The number of rotatable bonds is 6. The van der Waals surface area contributed by atoms with Gasteiger partial charge in [0, 0.05) is 24.1 Å². The van der Waals surface area contributed by atoms with E-state index in [4.69, 9.17) is 14.5 Å². The number of pyridine rings is 1. The number of aromatic nitrogens is 3. The summed E-state index contributed by atoms with van der Waals surface area (Å²) in [6.45, 7) is 5.15. The average Bonchev–Trinajstić information content (AvgIpc) is 3.52. The summed E-state index contributed by atoms with van der Waals surface area (Å²) < 4.78 is 13.9. The Morgan fingerprint density at radius 3 is 2.74 bits per heavy atom. The molecule has 6 rings (SSSR count). The maximum absolute atomic E-state index is 13.3. The molecule has 0 bridgehead atoms. The Kier molecular flexibility index (Phi) is 5.81. The third-order valence-corrected chi connectivity index (χ3v) is 7.06. The first-order valence-electron chi connectivity index (χ1n) is 12.3. The monoisotopic (exact) mass is 458 g/mol. The molecule has 0 unspecified atom stereocenters. The number of imidazole rings is 1. The molecule has 1 N–H and O–H groups in total. The summed E-state index contributed by atoms with van der Waals surface area (Å²) in [5, 5.41) is 0.970. The first-order chi connectivity index (χ1) is 16.8. The third kappa shape index (κ3) is 3.89. The standard InChI is InChI=1S/C27H30N4O3/c32-27-29-25-24(21-10-2-4-12-23(21)34-17-15-30-13-5-6-14-30)28-22-11-3-1-9-20(22)26(25)31(27)19-8-7-16-33-18-19/h1-4,9-12,19H,5-8,13-18H2,(H,29,32)/t19-/m0/s1. The van der Waals surface area contributed by atoms with Gasteiger partial charge in [0.25, 0.3) is 0 Å². The lowest BCUT2D eigenvalue weighted by molar-refractivity contribution is 0.0595. The summed E-state index contributed by atoms with van der Waals surface area (Å²) in [4.78, 5) is 23.9. The highest BCUT2D eigenvalue weighted by Crippen LogP contribution is 2.37. The van der Waals surface area contributed by atoms with Crippen molar-refractivity contribution in [3.05, 3.63) is 59.0 Å². The number of nitrogens with one attached hydrogen (secondary N) is 1. The zero-order valence-corrected chi connectivity index (χ0v) is 19.3. The van der Waals surface area contributed by atoms with Gasteiger partial charge < -0.3 is 14.5 Å². The molecule has 2 aliphatic heterocycles. The molecule has 176 valence electrons. The fourth-order valence-corrected chi connectivity index (χ4v) is 5.38. The van der Waals surface area contributed by atoms with Crippen LogP contribution in [0.25, 0.3) is 33.2 Å². The molecule has 1 atom stereocenters. The minimum Gasteiger partial charge on any atom is -0.492 e. The molecule has 2 aromatic heterocycles. The van der Waals surface area contributed by atoms with Crippen molar-refractivity contribution in [2.45, 2.75) is 31.7 Å².